The summed E-state index contributed by atoms with van der Waals surface area (Å²) >= 11 is 12.1. The molecule has 0 aromatic heterocycles. The molecule has 0 saturated heterocycles. The Morgan fingerprint density at radius 3 is 2.43 bits per heavy atom. The van der Waals surface area contributed by atoms with E-state index in [0.29, 0.717) is 11.6 Å². The fraction of sp³-hybridized carbons (Fsp3) is 0.294. The van der Waals surface area contributed by atoms with Crippen molar-refractivity contribution >= 4 is 28.9 Å². The Morgan fingerprint density at radius 2 is 1.81 bits per heavy atom. The smallest absolute Gasteiger partial charge is 0.138 e. The highest BCUT2D eigenvalue weighted by Gasteiger charge is 2.07. The van der Waals surface area contributed by atoms with Gasteiger partial charge >= 0.3 is 0 Å². The van der Waals surface area contributed by atoms with Crippen LogP contribution in [0.4, 0.5) is 5.69 Å². The minimum absolute atomic E-state index is 0.167. The lowest BCUT2D eigenvalue weighted by Gasteiger charge is -2.17. The summed E-state index contributed by atoms with van der Waals surface area (Å²) < 4.78 is 5.57. The third-order valence-electron chi connectivity index (χ3n) is 3.15. The normalized spacial score (nSPS) is 12.0. The molecule has 4 heteroatoms. The molecule has 1 unspecified atom stereocenters. The molecule has 0 radical (unpaired) electrons. The van der Waals surface area contributed by atoms with Crippen LogP contribution in [-0.2, 0) is 0 Å². The summed E-state index contributed by atoms with van der Waals surface area (Å²) in [5, 5.41) is 4.78. The van der Waals surface area contributed by atoms with Gasteiger partial charge in [-0.1, -0.05) is 42.3 Å². The van der Waals surface area contributed by atoms with Crippen molar-refractivity contribution in [3.63, 3.8) is 0 Å². The van der Waals surface area contributed by atoms with Crippen LogP contribution in [0.25, 0.3) is 0 Å². The standard InChI is InChI=1S/C17H19Cl2NO/c1-3-10-21-17-9-8-15(11-16(17)19)20-12(2)13-4-6-14(18)7-5-13/h4-9,11-12,20H,3,10H2,1-2H3. The number of anilines is 1. The van der Waals surface area contributed by atoms with Crippen LogP contribution in [0.15, 0.2) is 42.5 Å². The summed E-state index contributed by atoms with van der Waals surface area (Å²) in [6.07, 6.45) is 0.962. The molecule has 21 heavy (non-hydrogen) atoms. The first-order chi connectivity index (χ1) is 10.1. The van der Waals surface area contributed by atoms with Crippen molar-refractivity contribution < 1.29 is 4.74 Å². The average Bonchev–Trinajstić information content (AvgIpc) is 2.47. The summed E-state index contributed by atoms with van der Waals surface area (Å²) in [6.45, 7) is 4.84. The van der Waals surface area contributed by atoms with Crippen molar-refractivity contribution in [1.82, 2.24) is 0 Å². The van der Waals surface area contributed by atoms with E-state index < -0.39 is 0 Å². The lowest BCUT2D eigenvalue weighted by molar-refractivity contribution is 0.317. The summed E-state index contributed by atoms with van der Waals surface area (Å²) in [4.78, 5) is 0. The Kier molecular flexibility index (Phi) is 5.77. The number of hydrogen-bond donors (Lipinski definition) is 1. The lowest BCUT2D eigenvalue weighted by atomic mass is 10.1. The van der Waals surface area contributed by atoms with Gasteiger partial charge in [-0.2, -0.15) is 0 Å². The molecule has 0 fully saturated rings. The Balaban J connectivity index is 2.05. The molecule has 2 rings (SSSR count). The van der Waals surface area contributed by atoms with Gasteiger partial charge in [0.2, 0.25) is 0 Å². The summed E-state index contributed by atoms with van der Waals surface area (Å²) in [7, 11) is 0. The van der Waals surface area contributed by atoms with E-state index in [0.717, 1.165) is 22.9 Å². The minimum Gasteiger partial charge on any atom is -0.492 e. The quantitative estimate of drug-likeness (QED) is 0.708. The Labute approximate surface area is 136 Å². The van der Waals surface area contributed by atoms with Crippen LogP contribution in [0.3, 0.4) is 0 Å². The Morgan fingerprint density at radius 1 is 1.10 bits per heavy atom. The maximum atomic E-state index is 6.23. The molecule has 1 atom stereocenters. The van der Waals surface area contributed by atoms with Crippen LogP contribution < -0.4 is 10.1 Å². The first-order valence-electron chi connectivity index (χ1n) is 7.04. The molecule has 2 aromatic rings. The summed E-state index contributed by atoms with van der Waals surface area (Å²) in [6, 6.07) is 13.7. The largest absolute Gasteiger partial charge is 0.492 e. The molecule has 0 heterocycles. The van der Waals surface area contributed by atoms with Gasteiger partial charge in [-0.3, -0.25) is 0 Å². The molecular formula is C17H19Cl2NO. The van der Waals surface area contributed by atoms with Crippen molar-refractivity contribution in [2.24, 2.45) is 0 Å². The number of rotatable bonds is 6. The topological polar surface area (TPSA) is 21.3 Å². The molecule has 112 valence electrons. The first-order valence-corrected chi connectivity index (χ1v) is 7.80. The van der Waals surface area contributed by atoms with E-state index in [9.17, 15) is 0 Å². The monoisotopic (exact) mass is 323 g/mol. The van der Waals surface area contributed by atoms with Crippen LogP contribution in [0.2, 0.25) is 10.0 Å². The molecular weight excluding hydrogens is 305 g/mol. The van der Waals surface area contributed by atoms with Crippen molar-refractivity contribution in [2.75, 3.05) is 11.9 Å². The highest BCUT2D eigenvalue weighted by molar-refractivity contribution is 6.32. The number of hydrogen-bond acceptors (Lipinski definition) is 2. The van der Waals surface area contributed by atoms with Crippen molar-refractivity contribution in [3.8, 4) is 5.75 Å². The van der Waals surface area contributed by atoms with E-state index in [1.807, 2.05) is 42.5 Å². The van der Waals surface area contributed by atoms with Crippen molar-refractivity contribution in [1.29, 1.82) is 0 Å². The maximum absolute atomic E-state index is 6.23. The van der Waals surface area contributed by atoms with E-state index in [-0.39, 0.29) is 6.04 Å². The van der Waals surface area contributed by atoms with Gasteiger partial charge < -0.3 is 10.1 Å². The third kappa shape index (κ3) is 4.55. The first kappa shape index (κ1) is 16.0. The number of benzene rings is 2. The molecule has 2 aromatic carbocycles. The molecule has 0 amide bonds. The second-order valence-corrected chi connectivity index (χ2v) is 5.75. The zero-order chi connectivity index (χ0) is 15.2. The fourth-order valence-electron chi connectivity index (χ4n) is 2.00. The van der Waals surface area contributed by atoms with Crippen LogP contribution in [0.1, 0.15) is 31.9 Å². The van der Waals surface area contributed by atoms with Crippen LogP contribution in [0, 0.1) is 0 Å². The van der Waals surface area contributed by atoms with Gasteiger partial charge in [0.1, 0.15) is 5.75 Å². The van der Waals surface area contributed by atoms with E-state index >= 15 is 0 Å². The Bertz CT molecular complexity index is 584. The molecule has 1 N–H and O–H groups in total. The van der Waals surface area contributed by atoms with Gasteiger partial charge in [0.15, 0.2) is 0 Å². The van der Waals surface area contributed by atoms with Crippen LogP contribution in [0.5, 0.6) is 5.75 Å². The zero-order valence-corrected chi connectivity index (χ0v) is 13.7. The molecule has 2 nitrogen and oxygen atoms in total. The van der Waals surface area contributed by atoms with Crippen LogP contribution >= 0.6 is 23.2 Å². The van der Waals surface area contributed by atoms with E-state index in [1.165, 1.54) is 5.56 Å². The number of halogens is 2. The molecule has 0 aliphatic heterocycles. The molecule has 0 aliphatic carbocycles. The minimum atomic E-state index is 0.167. The van der Waals surface area contributed by atoms with Gasteiger partial charge in [0.25, 0.3) is 0 Å². The van der Waals surface area contributed by atoms with Crippen molar-refractivity contribution in [3.05, 3.63) is 58.1 Å². The maximum Gasteiger partial charge on any atom is 0.138 e. The predicted molar refractivity (Wildman–Crippen MR) is 90.7 cm³/mol. The Hall–Kier alpha value is -1.38. The summed E-state index contributed by atoms with van der Waals surface area (Å²) in [5.41, 5.74) is 2.13. The average molecular weight is 324 g/mol. The summed E-state index contributed by atoms with van der Waals surface area (Å²) in [5.74, 6) is 0.725. The zero-order valence-electron chi connectivity index (χ0n) is 12.2. The van der Waals surface area contributed by atoms with Gasteiger partial charge in [-0.05, 0) is 49.2 Å². The second-order valence-electron chi connectivity index (χ2n) is 4.91. The predicted octanol–water partition coefficient (Wildman–Crippen LogP) is 5.96. The highest BCUT2D eigenvalue weighted by atomic mass is 35.5. The number of nitrogens with one attached hydrogen (secondary N) is 1. The SMILES string of the molecule is CCCOc1ccc(NC(C)c2ccc(Cl)cc2)cc1Cl. The van der Waals surface area contributed by atoms with Gasteiger partial charge in [0, 0.05) is 16.8 Å². The highest BCUT2D eigenvalue weighted by Crippen LogP contribution is 2.29. The second kappa shape index (κ2) is 7.58. The van der Waals surface area contributed by atoms with Gasteiger partial charge in [-0.15, -0.1) is 0 Å². The fourth-order valence-corrected chi connectivity index (χ4v) is 2.37. The van der Waals surface area contributed by atoms with Gasteiger partial charge in [-0.25, -0.2) is 0 Å². The lowest BCUT2D eigenvalue weighted by Crippen LogP contribution is -2.06. The van der Waals surface area contributed by atoms with Gasteiger partial charge in [0.05, 0.1) is 11.6 Å². The number of ether oxygens (including phenoxy) is 1. The van der Waals surface area contributed by atoms with E-state index in [4.69, 9.17) is 27.9 Å². The molecule has 0 bridgehead atoms. The van der Waals surface area contributed by atoms with Crippen molar-refractivity contribution in [2.45, 2.75) is 26.3 Å². The molecule has 0 aliphatic rings. The van der Waals surface area contributed by atoms with E-state index in [1.54, 1.807) is 0 Å². The molecule has 0 spiro atoms. The van der Waals surface area contributed by atoms with Crippen LogP contribution in [-0.4, -0.2) is 6.61 Å². The third-order valence-corrected chi connectivity index (χ3v) is 3.69. The van der Waals surface area contributed by atoms with E-state index in [2.05, 4.69) is 19.2 Å². The molecule has 0 saturated carbocycles.